The minimum Gasteiger partial charge on any atom is -0.347 e. The first kappa shape index (κ1) is 16.5. The Hall–Kier alpha value is -0.670. The number of fused-ring (bicyclic) bond motifs is 5. The average molecular weight is 344 g/mol. The van der Waals surface area contributed by atoms with Crippen LogP contribution in [-0.2, 0) is 14.3 Å². The van der Waals surface area contributed by atoms with Gasteiger partial charge in [-0.1, -0.05) is 25.5 Å². The van der Waals surface area contributed by atoms with E-state index in [2.05, 4.69) is 19.9 Å². The number of aldehydes is 1. The van der Waals surface area contributed by atoms with E-state index in [9.17, 15) is 4.79 Å². The Kier molecular flexibility index (Phi) is 3.58. The maximum Gasteiger partial charge on any atom is 0.172 e. The molecule has 5 rings (SSSR count). The van der Waals surface area contributed by atoms with E-state index in [1.54, 1.807) is 5.57 Å². The summed E-state index contributed by atoms with van der Waals surface area (Å²) in [5.74, 6) is 2.29. The van der Waals surface area contributed by atoms with Crippen LogP contribution in [0.15, 0.2) is 11.6 Å². The smallest absolute Gasteiger partial charge is 0.172 e. The zero-order chi connectivity index (χ0) is 17.3. The van der Waals surface area contributed by atoms with E-state index in [0.29, 0.717) is 11.3 Å². The molecule has 1 spiro atoms. The number of ether oxygens (including phenoxy) is 2. The van der Waals surface area contributed by atoms with Crippen molar-refractivity contribution in [2.45, 2.75) is 71.0 Å². The molecule has 0 amide bonds. The van der Waals surface area contributed by atoms with E-state index in [1.807, 2.05) is 0 Å². The van der Waals surface area contributed by atoms with Crippen LogP contribution in [0.3, 0.4) is 0 Å². The Morgan fingerprint density at radius 3 is 2.60 bits per heavy atom. The van der Waals surface area contributed by atoms with Gasteiger partial charge in [0, 0.05) is 18.8 Å². The zero-order valence-corrected chi connectivity index (χ0v) is 15.8. The minimum absolute atomic E-state index is 0.262. The predicted molar refractivity (Wildman–Crippen MR) is 95.9 cm³/mol. The Bertz CT molecular complexity index is 604. The van der Waals surface area contributed by atoms with Gasteiger partial charge in [-0.3, -0.25) is 0 Å². The Morgan fingerprint density at radius 2 is 1.84 bits per heavy atom. The van der Waals surface area contributed by atoms with Crippen molar-refractivity contribution in [2.24, 2.45) is 34.5 Å². The second-order valence-electron chi connectivity index (χ2n) is 9.91. The van der Waals surface area contributed by atoms with E-state index in [0.717, 1.165) is 50.2 Å². The molecule has 4 fully saturated rings. The van der Waals surface area contributed by atoms with E-state index in [4.69, 9.17) is 9.47 Å². The second-order valence-corrected chi connectivity index (χ2v) is 9.91. The van der Waals surface area contributed by atoms with Gasteiger partial charge < -0.3 is 14.3 Å². The molecule has 6 atom stereocenters. The van der Waals surface area contributed by atoms with Gasteiger partial charge >= 0.3 is 0 Å². The van der Waals surface area contributed by atoms with Crippen molar-refractivity contribution in [3.05, 3.63) is 11.6 Å². The first-order chi connectivity index (χ1) is 12.0. The van der Waals surface area contributed by atoms with E-state index in [1.165, 1.54) is 38.4 Å². The fraction of sp³-hybridized carbons (Fsp3) is 0.864. The van der Waals surface area contributed by atoms with Crippen molar-refractivity contribution < 1.29 is 14.3 Å². The summed E-state index contributed by atoms with van der Waals surface area (Å²) in [6.45, 7) is 6.44. The van der Waals surface area contributed by atoms with Crippen molar-refractivity contribution in [3.8, 4) is 0 Å². The van der Waals surface area contributed by atoms with Crippen molar-refractivity contribution in [1.82, 2.24) is 0 Å². The third-order valence-corrected chi connectivity index (χ3v) is 9.16. The molecular formula is C22H32O3. The normalized spacial score (nSPS) is 50.7. The zero-order valence-electron chi connectivity index (χ0n) is 15.8. The number of rotatable bonds is 1. The minimum atomic E-state index is -0.308. The maximum absolute atomic E-state index is 11.6. The van der Waals surface area contributed by atoms with Crippen molar-refractivity contribution in [1.29, 1.82) is 0 Å². The molecule has 3 nitrogen and oxygen atoms in total. The van der Waals surface area contributed by atoms with Crippen LogP contribution < -0.4 is 0 Å². The van der Waals surface area contributed by atoms with Crippen LogP contribution in [0.25, 0.3) is 0 Å². The molecule has 0 bridgehead atoms. The molecule has 0 aromatic carbocycles. The molecule has 0 aromatic heterocycles. The summed E-state index contributed by atoms with van der Waals surface area (Å²) >= 11 is 0. The molecule has 3 saturated carbocycles. The molecule has 0 aromatic rings. The highest BCUT2D eigenvalue weighted by Gasteiger charge is 2.60. The maximum atomic E-state index is 11.6. The fourth-order valence-electron chi connectivity index (χ4n) is 7.61. The van der Waals surface area contributed by atoms with E-state index in [-0.39, 0.29) is 11.2 Å². The first-order valence-corrected chi connectivity index (χ1v) is 10.4. The van der Waals surface area contributed by atoms with Gasteiger partial charge in [0.1, 0.15) is 6.29 Å². The van der Waals surface area contributed by atoms with Gasteiger partial charge in [0.25, 0.3) is 0 Å². The number of hydrogen-bond donors (Lipinski definition) is 0. The van der Waals surface area contributed by atoms with E-state index < -0.39 is 0 Å². The average Bonchev–Trinajstić information content (AvgIpc) is 3.19. The first-order valence-electron chi connectivity index (χ1n) is 10.4. The van der Waals surface area contributed by atoms with Crippen molar-refractivity contribution in [2.75, 3.05) is 13.2 Å². The monoisotopic (exact) mass is 344 g/mol. The van der Waals surface area contributed by atoms with Gasteiger partial charge in [-0.05, 0) is 67.1 Å². The van der Waals surface area contributed by atoms with Crippen LogP contribution in [0.2, 0.25) is 0 Å². The van der Waals surface area contributed by atoms with Gasteiger partial charge in [-0.2, -0.15) is 0 Å². The molecule has 4 aliphatic carbocycles. The van der Waals surface area contributed by atoms with Crippen LogP contribution in [0.1, 0.15) is 65.2 Å². The Balaban J connectivity index is 1.45. The standard InChI is InChI=1S/C22H32O3/c1-20-8-7-19-17(18(20)6-4-16(20)14-23)5-3-15-13-22(24-11-12-25-22)10-9-21(15,19)2/h3,14,16-19H,4-13H2,1-2H3/t16-,17+,18+,19+,20+,21+/m0/s1. The highest BCUT2D eigenvalue weighted by molar-refractivity contribution is 5.56. The summed E-state index contributed by atoms with van der Waals surface area (Å²) in [4.78, 5) is 11.6. The quantitative estimate of drug-likeness (QED) is 0.519. The van der Waals surface area contributed by atoms with E-state index >= 15 is 0 Å². The second kappa shape index (κ2) is 5.42. The number of carbonyl (C=O) groups is 1. The molecule has 1 heterocycles. The summed E-state index contributed by atoms with van der Waals surface area (Å²) in [7, 11) is 0. The Labute approximate surface area is 151 Å². The lowest BCUT2D eigenvalue weighted by Crippen LogP contribution is -2.52. The highest BCUT2D eigenvalue weighted by atomic mass is 16.7. The van der Waals surface area contributed by atoms with Gasteiger partial charge in [0.05, 0.1) is 13.2 Å². The molecule has 3 heteroatoms. The van der Waals surface area contributed by atoms with Crippen LogP contribution >= 0.6 is 0 Å². The number of allylic oxidation sites excluding steroid dienone is 1. The molecule has 25 heavy (non-hydrogen) atoms. The van der Waals surface area contributed by atoms with Gasteiger partial charge in [-0.25, -0.2) is 0 Å². The molecule has 1 saturated heterocycles. The lowest BCUT2D eigenvalue weighted by atomic mass is 9.47. The van der Waals surface area contributed by atoms with Crippen LogP contribution in [0, 0.1) is 34.5 Å². The SMILES string of the molecule is C[C@]12CC[C@@H]3[C@H](CC=C4CC5(CC[C@]43C)OCCO5)[C@H]1CC[C@H]2C=O. The number of hydrogen-bond acceptors (Lipinski definition) is 3. The molecule has 138 valence electrons. The number of carbonyl (C=O) groups excluding carboxylic acids is 1. The summed E-state index contributed by atoms with van der Waals surface area (Å²) < 4.78 is 12.0. The topological polar surface area (TPSA) is 35.5 Å². The molecule has 1 aliphatic heterocycles. The summed E-state index contributed by atoms with van der Waals surface area (Å²) in [6.07, 6.45) is 13.2. The van der Waals surface area contributed by atoms with Crippen molar-refractivity contribution >= 4 is 6.29 Å². The van der Waals surface area contributed by atoms with Crippen molar-refractivity contribution in [3.63, 3.8) is 0 Å². The largest absolute Gasteiger partial charge is 0.347 e. The lowest BCUT2D eigenvalue weighted by molar-refractivity contribution is -0.185. The fourth-order valence-corrected chi connectivity index (χ4v) is 7.61. The molecule has 0 unspecified atom stereocenters. The van der Waals surface area contributed by atoms with Crippen LogP contribution in [0.4, 0.5) is 0 Å². The Morgan fingerprint density at radius 1 is 1.04 bits per heavy atom. The highest BCUT2D eigenvalue weighted by Crippen LogP contribution is 2.66. The van der Waals surface area contributed by atoms with Crippen LogP contribution in [-0.4, -0.2) is 25.3 Å². The third kappa shape index (κ3) is 2.15. The molecule has 0 radical (unpaired) electrons. The van der Waals surface area contributed by atoms with Gasteiger partial charge in [-0.15, -0.1) is 0 Å². The third-order valence-electron chi connectivity index (χ3n) is 9.16. The molecular weight excluding hydrogens is 312 g/mol. The van der Waals surface area contributed by atoms with Gasteiger partial charge in [0.2, 0.25) is 0 Å². The summed E-state index contributed by atoms with van der Waals surface area (Å²) in [5, 5.41) is 0. The summed E-state index contributed by atoms with van der Waals surface area (Å²) in [6, 6.07) is 0. The van der Waals surface area contributed by atoms with Gasteiger partial charge in [0.15, 0.2) is 5.79 Å². The van der Waals surface area contributed by atoms with Crippen LogP contribution in [0.5, 0.6) is 0 Å². The lowest BCUT2D eigenvalue weighted by Gasteiger charge is -2.58. The predicted octanol–water partition coefficient (Wildman–Crippen LogP) is 4.51. The molecule has 0 N–H and O–H groups in total. The summed E-state index contributed by atoms with van der Waals surface area (Å²) in [5.41, 5.74) is 2.19. The molecule has 5 aliphatic rings.